The first kappa shape index (κ1) is 14.3. The molecule has 1 heterocycles. The molecular formula is C16H28N2O2. The Morgan fingerprint density at radius 3 is 2.40 bits per heavy atom. The lowest BCUT2D eigenvalue weighted by atomic mass is 9.96. The van der Waals surface area contributed by atoms with Gasteiger partial charge in [-0.15, -0.1) is 0 Å². The summed E-state index contributed by atoms with van der Waals surface area (Å²) in [5.74, 6) is 0.678. The van der Waals surface area contributed by atoms with Crippen LogP contribution in [0, 0.1) is 5.92 Å². The van der Waals surface area contributed by atoms with Crippen LogP contribution in [-0.4, -0.2) is 58.6 Å². The number of carbonyl (C=O) groups is 1. The first-order valence-corrected chi connectivity index (χ1v) is 8.36. The molecule has 20 heavy (non-hydrogen) atoms. The molecule has 2 unspecified atom stereocenters. The van der Waals surface area contributed by atoms with Crippen LogP contribution in [0.3, 0.4) is 0 Å². The summed E-state index contributed by atoms with van der Waals surface area (Å²) in [4.78, 5) is 17.0. The maximum absolute atomic E-state index is 12.7. The Balaban J connectivity index is 1.56. The Bertz CT molecular complexity index is 350. The summed E-state index contributed by atoms with van der Waals surface area (Å²) in [5.41, 5.74) is 0. The van der Waals surface area contributed by atoms with Crippen molar-refractivity contribution < 1.29 is 9.90 Å². The van der Waals surface area contributed by atoms with Crippen molar-refractivity contribution in [2.75, 3.05) is 19.6 Å². The summed E-state index contributed by atoms with van der Waals surface area (Å²) < 4.78 is 0. The summed E-state index contributed by atoms with van der Waals surface area (Å²) >= 11 is 0. The predicted octanol–water partition coefficient (Wildman–Crippen LogP) is 1.62. The summed E-state index contributed by atoms with van der Waals surface area (Å²) in [5, 5.41) is 9.97. The second-order valence-electron chi connectivity index (χ2n) is 7.04. The van der Waals surface area contributed by atoms with Gasteiger partial charge in [-0.05, 0) is 44.6 Å². The molecule has 0 radical (unpaired) electrons. The van der Waals surface area contributed by atoms with Gasteiger partial charge in [0.05, 0.1) is 12.6 Å². The molecule has 4 heteroatoms. The van der Waals surface area contributed by atoms with Crippen molar-refractivity contribution in [1.29, 1.82) is 0 Å². The van der Waals surface area contributed by atoms with Crippen molar-refractivity contribution in [2.45, 2.75) is 70.1 Å². The van der Waals surface area contributed by atoms with Crippen LogP contribution in [0.4, 0.5) is 0 Å². The summed E-state index contributed by atoms with van der Waals surface area (Å²) in [6.45, 7) is 4.22. The van der Waals surface area contributed by atoms with E-state index in [0.717, 1.165) is 13.0 Å². The van der Waals surface area contributed by atoms with Crippen molar-refractivity contribution in [3.8, 4) is 0 Å². The molecule has 2 aliphatic carbocycles. The first-order chi connectivity index (χ1) is 9.65. The maximum atomic E-state index is 12.7. The van der Waals surface area contributed by atoms with Gasteiger partial charge in [-0.25, -0.2) is 0 Å². The van der Waals surface area contributed by atoms with Gasteiger partial charge >= 0.3 is 0 Å². The smallest absolute Gasteiger partial charge is 0.237 e. The fraction of sp³-hybridized carbons (Fsp3) is 0.938. The molecule has 0 aromatic heterocycles. The van der Waals surface area contributed by atoms with Crippen molar-refractivity contribution in [3.05, 3.63) is 0 Å². The number of β-amino-alcohol motifs (C(OH)–C–C–N with tert-alkyl or cyclic N) is 1. The van der Waals surface area contributed by atoms with Crippen molar-refractivity contribution in [3.63, 3.8) is 0 Å². The topological polar surface area (TPSA) is 43.8 Å². The van der Waals surface area contributed by atoms with Gasteiger partial charge in [-0.2, -0.15) is 0 Å². The van der Waals surface area contributed by atoms with Gasteiger partial charge in [0.25, 0.3) is 0 Å². The highest BCUT2D eigenvalue weighted by atomic mass is 16.3. The molecule has 1 N–H and O–H groups in total. The molecule has 4 nitrogen and oxygen atoms in total. The lowest BCUT2D eigenvalue weighted by molar-refractivity contribution is -0.136. The third-order valence-corrected chi connectivity index (χ3v) is 5.31. The third kappa shape index (κ3) is 3.17. The highest BCUT2D eigenvalue weighted by Crippen LogP contribution is 2.34. The number of hydrogen-bond acceptors (Lipinski definition) is 3. The zero-order chi connectivity index (χ0) is 14.1. The minimum absolute atomic E-state index is 0.266. The quantitative estimate of drug-likeness (QED) is 0.851. The van der Waals surface area contributed by atoms with Gasteiger partial charge in [0.1, 0.15) is 0 Å². The maximum Gasteiger partial charge on any atom is 0.237 e. The average molecular weight is 280 g/mol. The fourth-order valence-corrected chi connectivity index (χ4v) is 3.77. The van der Waals surface area contributed by atoms with E-state index < -0.39 is 0 Å². The molecule has 3 fully saturated rings. The molecule has 0 spiro atoms. The molecule has 0 aromatic carbocycles. The van der Waals surface area contributed by atoms with Crippen molar-refractivity contribution in [2.24, 2.45) is 5.92 Å². The third-order valence-electron chi connectivity index (χ3n) is 5.31. The Morgan fingerprint density at radius 1 is 1.15 bits per heavy atom. The number of carbonyl (C=O) groups excluding carboxylic acids is 1. The second-order valence-corrected chi connectivity index (χ2v) is 7.04. The molecule has 1 saturated heterocycles. The van der Waals surface area contributed by atoms with Crippen molar-refractivity contribution >= 4 is 5.91 Å². The van der Waals surface area contributed by atoms with Gasteiger partial charge < -0.3 is 10.0 Å². The van der Waals surface area contributed by atoms with E-state index in [1.807, 2.05) is 0 Å². The molecule has 1 amide bonds. The van der Waals surface area contributed by atoms with Crippen molar-refractivity contribution in [1.82, 2.24) is 9.80 Å². The number of hydrogen-bond donors (Lipinski definition) is 1. The molecule has 114 valence electrons. The van der Waals surface area contributed by atoms with Gasteiger partial charge in [0, 0.05) is 18.6 Å². The summed E-state index contributed by atoms with van der Waals surface area (Å²) in [6.07, 6.45) is 8.08. The van der Waals surface area contributed by atoms with Gasteiger partial charge in [-0.3, -0.25) is 9.69 Å². The Morgan fingerprint density at radius 2 is 1.80 bits per heavy atom. The number of nitrogens with zero attached hydrogens (tertiary/aromatic N) is 2. The van der Waals surface area contributed by atoms with E-state index in [1.54, 1.807) is 0 Å². The normalized spacial score (nSPS) is 32.5. The van der Waals surface area contributed by atoms with Gasteiger partial charge in [0.15, 0.2) is 0 Å². The molecule has 2 atom stereocenters. The molecule has 0 bridgehead atoms. The number of rotatable bonds is 4. The lowest BCUT2D eigenvalue weighted by Gasteiger charge is -2.36. The Labute approximate surface area is 122 Å². The molecule has 2 saturated carbocycles. The molecule has 1 aliphatic heterocycles. The minimum Gasteiger partial charge on any atom is -0.392 e. The molecule has 0 aromatic rings. The lowest BCUT2D eigenvalue weighted by Crippen LogP contribution is -2.50. The van der Waals surface area contributed by atoms with Crippen LogP contribution >= 0.6 is 0 Å². The SMILES string of the molecule is CC1CCN(CC(=O)N(C2CCCC2)C2CC2)CC1O. The van der Waals surface area contributed by atoms with Crippen LogP contribution in [-0.2, 0) is 4.79 Å². The summed E-state index contributed by atoms with van der Waals surface area (Å²) in [7, 11) is 0. The van der Waals surface area contributed by atoms with E-state index in [1.165, 1.54) is 38.5 Å². The van der Waals surface area contributed by atoms with E-state index in [4.69, 9.17) is 0 Å². The Hall–Kier alpha value is -0.610. The number of aliphatic hydroxyl groups excluding tert-OH is 1. The van der Waals surface area contributed by atoms with E-state index in [0.29, 0.717) is 37.0 Å². The molecular weight excluding hydrogens is 252 g/mol. The number of aliphatic hydroxyl groups is 1. The number of amides is 1. The largest absolute Gasteiger partial charge is 0.392 e. The number of piperidine rings is 1. The highest BCUT2D eigenvalue weighted by Gasteiger charge is 2.39. The van der Waals surface area contributed by atoms with Crippen LogP contribution in [0.1, 0.15) is 51.9 Å². The predicted molar refractivity (Wildman–Crippen MR) is 78.4 cm³/mol. The summed E-state index contributed by atoms with van der Waals surface area (Å²) in [6, 6.07) is 1.03. The van der Waals surface area contributed by atoms with Crippen LogP contribution in [0.5, 0.6) is 0 Å². The van der Waals surface area contributed by atoms with Crippen LogP contribution in [0.2, 0.25) is 0 Å². The average Bonchev–Trinajstić information content (AvgIpc) is 3.09. The minimum atomic E-state index is -0.266. The fourth-order valence-electron chi connectivity index (χ4n) is 3.77. The van der Waals surface area contributed by atoms with Gasteiger partial charge in [0.2, 0.25) is 5.91 Å². The van der Waals surface area contributed by atoms with Crippen LogP contribution < -0.4 is 0 Å². The molecule has 3 rings (SSSR count). The zero-order valence-corrected chi connectivity index (χ0v) is 12.6. The zero-order valence-electron chi connectivity index (χ0n) is 12.6. The van der Waals surface area contributed by atoms with E-state index in [9.17, 15) is 9.90 Å². The van der Waals surface area contributed by atoms with Crippen LogP contribution in [0.25, 0.3) is 0 Å². The Kier molecular flexibility index (Phi) is 4.32. The second kappa shape index (κ2) is 6.02. The van der Waals surface area contributed by atoms with E-state index >= 15 is 0 Å². The van der Waals surface area contributed by atoms with E-state index in [-0.39, 0.29) is 6.10 Å². The van der Waals surface area contributed by atoms with Crippen LogP contribution in [0.15, 0.2) is 0 Å². The number of likely N-dealkylation sites (tertiary alicyclic amines) is 1. The highest BCUT2D eigenvalue weighted by molar-refractivity contribution is 5.79. The standard InChI is InChI=1S/C16H28N2O2/c1-12-8-9-17(10-15(12)19)11-16(20)18(14-6-7-14)13-4-2-3-5-13/h12-15,19H,2-11H2,1H3. The first-order valence-electron chi connectivity index (χ1n) is 8.36. The van der Waals surface area contributed by atoms with E-state index in [2.05, 4.69) is 16.7 Å². The monoisotopic (exact) mass is 280 g/mol. The molecule has 3 aliphatic rings. The van der Waals surface area contributed by atoms with Gasteiger partial charge in [-0.1, -0.05) is 19.8 Å².